The lowest BCUT2D eigenvalue weighted by Crippen LogP contribution is -2.29. The Balaban J connectivity index is 2.25. The summed E-state index contributed by atoms with van der Waals surface area (Å²) in [6.07, 6.45) is 1.45. The molecule has 2 rings (SSSR count). The third kappa shape index (κ3) is 1.79. The van der Waals surface area contributed by atoms with Crippen LogP contribution in [0.3, 0.4) is 0 Å². The van der Waals surface area contributed by atoms with Gasteiger partial charge in [-0.1, -0.05) is 13.8 Å². The summed E-state index contributed by atoms with van der Waals surface area (Å²) in [5.41, 5.74) is 0. The maximum Gasteiger partial charge on any atom is 0.259 e. The molecular weight excluding hydrogens is 214 g/mol. The fourth-order valence-electron chi connectivity index (χ4n) is 1.80. The van der Waals surface area contributed by atoms with E-state index in [1.807, 2.05) is 0 Å². The van der Waals surface area contributed by atoms with Crippen LogP contribution in [0.25, 0.3) is 0 Å². The van der Waals surface area contributed by atoms with Crippen molar-refractivity contribution in [2.75, 3.05) is 13.1 Å². The summed E-state index contributed by atoms with van der Waals surface area (Å²) >= 11 is 0. The lowest BCUT2D eigenvalue weighted by atomic mass is 10.0. The second kappa shape index (κ2) is 3.61. The maximum atomic E-state index is 12.0. The fraction of sp³-hybridized carbons (Fsp3) is 0.667. The van der Waals surface area contributed by atoms with E-state index >= 15 is 0 Å². The van der Waals surface area contributed by atoms with Crippen molar-refractivity contribution >= 4 is 10.0 Å². The number of H-pyrrole nitrogens is 1. The van der Waals surface area contributed by atoms with Gasteiger partial charge in [-0.15, -0.1) is 0 Å². The topological polar surface area (TPSA) is 66.1 Å². The maximum absolute atomic E-state index is 12.0. The third-order valence-electron chi connectivity index (χ3n) is 3.05. The van der Waals surface area contributed by atoms with Crippen LogP contribution in [0.2, 0.25) is 0 Å². The highest BCUT2D eigenvalue weighted by atomic mass is 32.2. The first-order valence-corrected chi connectivity index (χ1v) is 6.45. The highest BCUT2D eigenvalue weighted by Crippen LogP contribution is 2.26. The van der Waals surface area contributed by atoms with Crippen molar-refractivity contribution in [1.29, 1.82) is 0 Å². The molecule has 1 aliphatic rings. The van der Waals surface area contributed by atoms with Gasteiger partial charge in [0.15, 0.2) is 5.03 Å². The third-order valence-corrected chi connectivity index (χ3v) is 4.81. The number of rotatable bonds is 2. The second-order valence-corrected chi connectivity index (χ2v) is 6.10. The Bertz CT molecular complexity index is 416. The predicted octanol–water partition coefficient (Wildman–Crippen LogP) is 0.686. The standard InChI is InChI=1S/C9H15N3O2S/c1-7-5-12(6-8(7)2)15(13,14)9-3-4-10-11-9/h3-4,7-8H,5-6H2,1-2H3,(H,10,11). The van der Waals surface area contributed by atoms with Crippen LogP contribution >= 0.6 is 0 Å². The Labute approximate surface area is 89.5 Å². The zero-order valence-electron chi connectivity index (χ0n) is 8.84. The lowest BCUT2D eigenvalue weighted by molar-refractivity contribution is 0.460. The normalized spacial score (nSPS) is 28.4. The molecule has 84 valence electrons. The molecule has 5 nitrogen and oxygen atoms in total. The van der Waals surface area contributed by atoms with E-state index < -0.39 is 10.0 Å². The van der Waals surface area contributed by atoms with Crippen LogP contribution in [0.4, 0.5) is 0 Å². The molecule has 0 radical (unpaired) electrons. The Kier molecular flexibility index (Phi) is 2.56. The molecule has 1 saturated heterocycles. The highest BCUT2D eigenvalue weighted by Gasteiger charge is 2.35. The van der Waals surface area contributed by atoms with Gasteiger partial charge in [-0.3, -0.25) is 5.10 Å². The second-order valence-electron chi connectivity index (χ2n) is 4.20. The van der Waals surface area contributed by atoms with Crippen molar-refractivity contribution in [2.45, 2.75) is 18.9 Å². The molecule has 1 fully saturated rings. The minimum absolute atomic E-state index is 0.184. The van der Waals surface area contributed by atoms with Crippen LogP contribution in [-0.4, -0.2) is 36.0 Å². The summed E-state index contributed by atoms with van der Waals surface area (Å²) in [5, 5.41) is 6.36. The van der Waals surface area contributed by atoms with Gasteiger partial charge >= 0.3 is 0 Å². The zero-order valence-corrected chi connectivity index (χ0v) is 9.66. The van der Waals surface area contributed by atoms with E-state index in [2.05, 4.69) is 24.0 Å². The monoisotopic (exact) mass is 229 g/mol. The molecular formula is C9H15N3O2S. The molecule has 2 atom stereocenters. The summed E-state index contributed by atoms with van der Waals surface area (Å²) in [7, 11) is -3.35. The van der Waals surface area contributed by atoms with Crippen LogP contribution in [0.1, 0.15) is 13.8 Å². The van der Waals surface area contributed by atoms with Crippen molar-refractivity contribution < 1.29 is 8.42 Å². The summed E-state index contributed by atoms with van der Waals surface area (Å²) in [6.45, 7) is 5.35. The Morgan fingerprint density at radius 1 is 1.40 bits per heavy atom. The summed E-state index contributed by atoms with van der Waals surface area (Å²) < 4.78 is 25.6. The minimum atomic E-state index is -3.35. The molecule has 1 aromatic rings. The number of hydrogen-bond acceptors (Lipinski definition) is 3. The van der Waals surface area contributed by atoms with Gasteiger partial charge in [0.25, 0.3) is 10.0 Å². The van der Waals surface area contributed by atoms with Crippen molar-refractivity contribution in [3.8, 4) is 0 Å². The van der Waals surface area contributed by atoms with Gasteiger partial charge in [-0.25, -0.2) is 8.42 Å². The van der Waals surface area contributed by atoms with Gasteiger partial charge in [0.2, 0.25) is 0 Å². The number of nitrogens with zero attached hydrogens (tertiary/aromatic N) is 2. The number of sulfonamides is 1. The van der Waals surface area contributed by atoms with Crippen molar-refractivity contribution in [3.05, 3.63) is 12.3 Å². The van der Waals surface area contributed by atoms with E-state index in [9.17, 15) is 8.42 Å². The summed E-state index contributed by atoms with van der Waals surface area (Å²) in [5.74, 6) is 0.838. The molecule has 0 aliphatic carbocycles. The molecule has 0 bridgehead atoms. The predicted molar refractivity (Wildman–Crippen MR) is 55.7 cm³/mol. The molecule has 0 amide bonds. The van der Waals surface area contributed by atoms with Gasteiger partial charge in [0.1, 0.15) is 0 Å². The molecule has 6 heteroatoms. The van der Waals surface area contributed by atoms with E-state index in [-0.39, 0.29) is 5.03 Å². The number of aromatic amines is 1. The largest absolute Gasteiger partial charge is 0.266 e. The summed E-state index contributed by atoms with van der Waals surface area (Å²) in [6, 6.07) is 1.49. The van der Waals surface area contributed by atoms with Crippen LogP contribution in [0.15, 0.2) is 17.3 Å². The van der Waals surface area contributed by atoms with Crippen LogP contribution in [-0.2, 0) is 10.0 Å². The zero-order chi connectivity index (χ0) is 11.1. The van der Waals surface area contributed by atoms with Crippen LogP contribution < -0.4 is 0 Å². The van der Waals surface area contributed by atoms with Crippen molar-refractivity contribution in [1.82, 2.24) is 14.5 Å². The average molecular weight is 229 g/mol. The van der Waals surface area contributed by atoms with Crippen LogP contribution in [0, 0.1) is 11.8 Å². The molecule has 0 spiro atoms. The van der Waals surface area contributed by atoms with E-state index in [0.29, 0.717) is 24.9 Å². The van der Waals surface area contributed by atoms with Crippen molar-refractivity contribution in [3.63, 3.8) is 0 Å². The highest BCUT2D eigenvalue weighted by molar-refractivity contribution is 7.89. The van der Waals surface area contributed by atoms with Crippen LogP contribution in [0.5, 0.6) is 0 Å². The molecule has 2 heterocycles. The molecule has 2 unspecified atom stereocenters. The number of aromatic nitrogens is 2. The number of nitrogens with one attached hydrogen (secondary N) is 1. The quantitative estimate of drug-likeness (QED) is 0.811. The molecule has 0 aromatic carbocycles. The van der Waals surface area contributed by atoms with Gasteiger partial charge < -0.3 is 0 Å². The van der Waals surface area contributed by atoms with E-state index in [0.717, 1.165) is 0 Å². The Hall–Kier alpha value is -0.880. The van der Waals surface area contributed by atoms with Gasteiger partial charge in [0.05, 0.1) is 6.20 Å². The summed E-state index contributed by atoms with van der Waals surface area (Å²) in [4.78, 5) is 0. The lowest BCUT2D eigenvalue weighted by Gasteiger charge is -2.14. The Morgan fingerprint density at radius 3 is 2.47 bits per heavy atom. The van der Waals surface area contributed by atoms with Gasteiger partial charge in [-0.2, -0.15) is 9.40 Å². The van der Waals surface area contributed by atoms with Gasteiger partial charge in [0, 0.05) is 13.1 Å². The van der Waals surface area contributed by atoms with E-state index in [4.69, 9.17) is 0 Å². The number of hydrogen-bond donors (Lipinski definition) is 1. The van der Waals surface area contributed by atoms with Crippen molar-refractivity contribution in [2.24, 2.45) is 11.8 Å². The van der Waals surface area contributed by atoms with E-state index in [1.54, 1.807) is 0 Å². The van der Waals surface area contributed by atoms with E-state index in [1.165, 1.54) is 16.6 Å². The molecule has 1 aliphatic heterocycles. The molecule has 0 saturated carbocycles. The minimum Gasteiger partial charge on any atom is -0.266 e. The smallest absolute Gasteiger partial charge is 0.259 e. The molecule has 15 heavy (non-hydrogen) atoms. The fourth-order valence-corrected chi connectivity index (χ4v) is 3.34. The van der Waals surface area contributed by atoms with Gasteiger partial charge in [-0.05, 0) is 17.9 Å². The SMILES string of the molecule is CC1CN(S(=O)(=O)c2ccn[nH]2)CC1C. The first-order chi connectivity index (χ1) is 7.01. The first-order valence-electron chi connectivity index (χ1n) is 5.01. The average Bonchev–Trinajstić information content (AvgIpc) is 2.77. The molecule has 1 N–H and O–H groups in total. The molecule has 1 aromatic heterocycles. The Morgan fingerprint density at radius 2 is 2.00 bits per heavy atom. The first kappa shape index (κ1) is 10.6.